The maximum atomic E-state index is 14.8. The van der Waals surface area contributed by atoms with Crippen LogP contribution in [0.15, 0.2) is 24.3 Å². The van der Waals surface area contributed by atoms with Gasteiger partial charge in [-0.3, -0.25) is 4.79 Å². The van der Waals surface area contributed by atoms with Crippen LogP contribution < -0.4 is 0 Å². The second-order valence-corrected chi connectivity index (χ2v) is 28.7. The second-order valence-electron chi connectivity index (χ2n) is 28.7. The predicted octanol–water partition coefficient (Wildman–Crippen LogP) is 5.98. The zero-order valence-corrected chi connectivity index (χ0v) is 47.7. The van der Waals surface area contributed by atoms with E-state index in [9.17, 15) is 20.1 Å². The molecule has 0 aliphatic carbocycles. The lowest BCUT2D eigenvalue weighted by Gasteiger charge is -2.51. The zero-order chi connectivity index (χ0) is 54.9. The third-order valence-electron chi connectivity index (χ3n) is 22.8. The fourth-order valence-electron chi connectivity index (χ4n) is 19.1. The maximum Gasteiger partial charge on any atom is 0.174 e. The molecule has 0 aromatic heterocycles. The van der Waals surface area contributed by atoms with Crippen LogP contribution in [-0.2, 0) is 71.1 Å². The van der Waals surface area contributed by atoms with E-state index in [1.807, 2.05) is 0 Å². The van der Waals surface area contributed by atoms with Gasteiger partial charge in [-0.15, -0.1) is 0 Å². The monoisotopic (exact) mass is 1120 g/mol. The van der Waals surface area contributed by atoms with Crippen molar-refractivity contribution in [3.63, 3.8) is 0 Å². The van der Waals surface area contributed by atoms with Gasteiger partial charge in [0, 0.05) is 77.0 Å². The summed E-state index contributed by atoms with van der Waals surface area (Å²) in [4.78, 5) is 14.8. The Morgan fingerprint density at radius 1 is 0.550 bits per heavy atom. The number of rotatable bonds is 4. The van der Waals surface area contributed by atoms with Crippen molar-refractivity contribution in [1.82, 2.24) is 0 Å². The van der Waals surface area contributed by atoms with Gasteiger partial charge in [0.25, 0.3) is 0 Å². The van der Waals surface area contributed by atoms with E-state index >= 15 is 0 Å². The summed E-state index contributed by atoms with van der Waals surface area (Å²) in [5.74, 6) is -2.10. The summed E-state index contributed by atoms with van der Waals surface area (Å²) >= 11 is 0. The van der Waals surface area contributed by atoms with Gasteiger partial charge in [-0.1, -0.05) is 40.9 Å². The lowest BCUT2D eigenvalue weighted by atomic mass is 9.72. The van der Waals surface area contributed by atoms with Crippen molar-refractivity contribution < 1.29 is 86.4 Å². The van der Waals surface area contributed by atoms with E-state index in [0.29, 0.717) is 70.6 Å². The van der Waals surface area contributed by atoms with Gasteiger partial charge in [0.2, 0.25) is 0 Å². The van der Waals surface area contributed by atoms with Crippen LogP contribution in [0.3, 0.4) is 0 Å². The van der Waals surface area contributed by atoms with Gasteiger partial charge < -0.3 is 81.6 Å². The average Bonchev–Trinajstić information content (AvgIpc) is 4.25. The van der Waals surface area contributed by atoms with Crippen molar-refractivity contribution >= 4 is 5.78 Å². The van der Waals surface area contributed by atoms with Gasteiger partial charge in [0.15, 0.2) is 17.4 Å². The molecule has 32 atom stereocenters. The van der Waals surface area contributed by atoms with E-state index in [2.05, 4.69) is 47.8 Å². The van der Waals surface area contributed by atoms with Crippen LogP contribution in [0.1, 0.15) is 157 Å². The summed E-state index contributed by atoms with van der Waals surface area (Å²) in [6.07, 6.45) is 4.82. The number of aliphatic hydroxyl groups excluding tert-OH is 3. The average molecular weight is 1120 g/mol. The first kappa shape index (κ1) is 55.1. The Morgan fingerprint density at radius 3 is 2.10 bits per heavy atom. The highest BCUT2D eigenvalue weighted by molar-refractivity contribution is 5.79. The number of hydrogen-bond acceptors (Lipinski definition) is 18. The van der Waals surface area contributed by atoms with Crippen molar-refractivity contribution in [3.8, 4) is 0 Å². The maximum absolute atomic E-state index is 14.8. The molecule has 446 valence electrons. The Kier molecular flexibility index (Phi) is 14.0. The third kappa shape index (κ3) is 9.38. The van der Waals surface area contributed by atoms with Crippen LogP contribution in [0.25, 0.3) is 0 Å². The minimum Gasteiger partial charge on any atom is -0.394 e. The molecule has 80 heavy (non-hydrogen) atoms. The quantitative estimate of drug-likeness (QED) is 0.277. The molecule has 3 spiro atoms. The molecule has 16 aliphatic heterocycles. The smallest absolute Gasteiger partial charge is 0.174 e. The largest absolute Gasteiger partial charge is 0.394 e. The first-order chi connectivity index (χ1) is 38.3. The van der Waals surface area contributed by atoms with Crippen LogP contribution in [0, 0.1) is 29.6 Å². The Hall–Kier alpha value is -1.53. The highest BCUT2D eigenvalue weighted by Gasteiger charge is 2.73. The minimum absolute atomic E-state index is 0.0169. The van der Waals surface area contributed by atoms with Crippen molar-refractivity contribution in [2.75, 3.05) is 6.61 Å². The number of hydrogen-bond donors (Lipinski definition) is 3. The topological polar surface area (TPSA) is 207 Å². The van der Waals surface area contributed by atoms with Gasteiger partial charge in [0.1, 0.15) is 41.9 Å². The molecule has 0 saturated carbocycles. The summed E-state index contributed by atoms with van der Waals surface area (Å²) in [6.45, 7) is 19.8. The summed E-state index contributed by atoms with van der Waals surface area (Å²) in [5, 5.41) is 30.4. The van der Waals surface area contributed by atoms with E-state index in [4.69, 9.17) is 66.3 Å². The molecule has 18 nitrogen and oxygen atoms in total. The molecule has 12 bridgehead atoms. The Morgan fingerprint density at radius 2 is 1.26 bits per heavy atom. The summed E-state index contributed by atoms with van der Waals surface area (Å²) < 4.78 is 97.9. The third-order valence-corrected chi connectivity index (χ3v) is 22.8. The molecule has 16 heterocycles. The Balaban J connectivity index is 0.658. The highest BCUT2D eigenvalue weighted by atomic mass is 16.8. The molecule has 0 aromatic rings. The van der Waals surface area contributed by atoms with Gasteiger partial charge in [0.05, 0.1) is 116 Å². The molecule has 16 rings (SSSR count). The second kappa shape index (κ2) is 20.3. The lowest BCUT2D eigenvalue weighted by Crippen LogP contribution is -2.62. The van der Waals surface area contributed by atoms with Crippen LogP contribution in [0.2, 0.25) is 0 Å². The van der Waals surface area contributed by atoms with Crippen LogP contribution in [0.5, 0.6) is 0 Å². The molecule has 18 heteroatoms. The first-order valence-corrected chi connectivity index (χ1v) is 31.5. The van der Waals surface area contributed by atoms with Gasteiger partial charge in [-0.25, -0.2) is 0 Å². The molecule has 16 aliphatic rings. The minimum atomic E-state index is -1.01. The molecular formula is C62H90O18. The van der Waals surface area contributed by atoms with Crippen LogP contribution >= 0.6 is 0 Å². The standard InChI is InChI=1S/C62H90O18/c1-28-14-36-8-10-41-29(2)15-38(67-41)12-13-60-27-59(7)58(80-60)57-56(77-59)55(79-60)54-42(71-57)11-9-37(69-54)16-34(64)17-39-33(6)53-47(70-44(39)19-43(68-36)32(28)5)21-46-49(73-53)24-62(74-46)25-50-52(78-62)31(4)23-61(76-50)22-30(3)51-48(75-61)20-45(72-51)40(66)18-35(65)26-63/h28,30-31,33,35-58,63,65-66H,2,5,8-27H2,1,3-4,6-7H3. The molecule has 32 unspecified atom stereocenters. The summed E-state index contributed by atoms with van der Waals surface area (Å²) in [6, 6.07) is 0. The SMILES string of the molecule is C=C1CC2CCC34CC5(C)OC6C(O3)C3OC(CCC3OC6C5O4)CC(=O)CC3C(CC4OC(CCC1O2)CC(C)C4=C)OC1CC2OC4(CC2OC1C3C)CC1OC2(CC(C)C3OC(C(O)CC(O)CO)CC3O2)CC(C)C1O4. The van der Waals surface area contributed by atoms with Gasteiger partial charge in [-0.2, -0.15) is 0 Å². The molecule has 0 aromatic carbocycles. The summed E-state index contributed by atoms with van der Waals surface area (Å²) in [7, 11) is 0. The van der Waals surface area contributed by atoms with Crippen molar-refractivity contribution in [3.05, 3.63) is 24.3 Å². The predicted molar refractivity (Wildman–Crippen MR) is 282 cm³/mol. The highest BCUT2D eigenvalue weighted by Crippen LogP contribution is 2.60. The molecule has 0 amide bonds. The molecular weight excluding hydrogens is 1030 g/mol. The normalized spacial score (nSPS) is 57.7. The number of ether oxygens (including phenoxy) is 14. The van der Waals surface area contributed by atoms with E-state index < -0.39 is 47.9 Å². The Bertz CT molecular complexity index is 2390. The van der Waals surface area contributed by atoms with Gasteiger partial charge in [-0.05, 0) is 92.6 Å². The molecule has 16 fully saturated rings. The van der Waals surface area contributed by atoms with Crippen molar-refractivity contribution in [2.24, 2.45) is 29.6 Å². The van der Waals surface area contributed by atoms with Crippen LogP contribution in [0.4, 0.5) is 0 Å². The van der Waals surface area contributed by atoms with E-state index in [1.165, 1.54) is 0 Å². The van der Waals surface area contributed by atoms with Crippen LogP contribution in [-0.4, -0.2) is 191 Å². The Labute approximate surface area is 471 Å². The number of Topliss-reactive ketones (excluding diaryl/α,β-unsaturated/α-hetero) is 1. The number of fused-ring (bicyclic) bond motifs is 10. The zero-order valence-electron chi connectivity index (χ0n) is 47.7. The van der Waals surface area contributed by atoms with Crippen molar-refractivity contribution in [1.29, 1.82) is 0 Å². The van der Waals surface area contributed by atoms with Crippen molar-refractivity contribution in [2.45, 2.75) is 320 Å². The van der Waals surface area contributed by atoms with Gasteiger partial charge >= 0.3 is 0 Å². The molecule has 16 saturated heterocycles. The number of aliphatic hydroxyl groups is 3. The molecule has 0 radical (unpaired) electrons. The fourth-order valence-corrected chi connectivity index (χ4v) is 19.1. The molecule has 3 N–H and O–H groups in total. The van der Waals surface area contributed by atoms with E-state index in [-0.39, 0.29) is 170 Å². The number of carbonyl (C=O) groups excluding carboxylic acids is 1. The fraction of sp³-hybridized carbons (Fsp3) is 0.919. The number of ketones is 1. The lowest BCUT2D eigenvalue weighted by molar-refractivity contribution is -0.347. The first-order valence-electron chi connectivity index (χ1n) is 31.5. The summed E-state index contributed by atoms with van der Waals surface area (Å²) in [5.41, 5.74) is 1.69. The number of carbonyl (C=O) groups is 1. The van der Waals surface area contributed by atoms with E-state index in [1.54, 1.807) is 0 Å². The van der Waals surface area contributed by atoms with E-state index in [0.717, 1.165) is 49.7 Å².